The van der Waals surface area contributed by atoms with E-state index in [-0.39, 0.29) is 18.4 Å². The molecule has 0 spiro atoms. The fourth-order valence-corrected chi connectivity index (χ4v) is 3.13. The highest BCUT2D eigenvalue weighted by Crippen LogP contribution is 2.25. The van der Waals surface area contributed by atoms with Gasteiger partial charge in [0.15, 0.2) is 0 Å². The van der Waals surface area contributed by atoms with Gasteiger partial charge in [-0.3, -0.25) is 9.59 Å². The van der Waals surface area contributed by atoms with Gasteiger partial charge < -0.3 is 19.3 Å². The molecule has 1 aromatic carbocycles. The predicted octanol–water partition coefficient (Wildman–Crippen LogP) is 2.81. The summed E-state index contributed by atoms with van der Waals surface area (Å²) in [7, 11) is 0. The van der Waals surface area contributed by atoms with E-state index in [0.29, 0.717) is 43.0 Å². The molecule has 1 aliphatic rings. The van der Waals surface area contributed by atoms with E-state index < -0.39 is 5.97 Å². The third kappa shape index (κ3) is 3.71. The van der Waals surface area contributed by atoms with Gasteiger partial charge in [-0.15, -0.1) is 0 Å². The molecule has 138 valence electrons. The van der Waals surface area contributed by atoms with Gasteiger partial charge in [0.05, 0.1) is 22.7 Å². The Morgan fingerprint density at radius 1 is 1.27 bits per heavy atom. The van der Waals surface area contributed by atoms with Crippen LogP contribution in [0.3, 0.4) is 0 Å². The first-order chi connectivity index (χ1) is 12.5. The lowest BCUT2D eigenvalue weighted by molar-refractivity contribution is -0.143. The number of ether oxygens (including phenoxy) is 1. The summed E-state index contributed by atoms with van der Waals surface area (Å²) >= 11 is 0. The van der Waals surface area contributed by atoms with Crippen LogP contribution in [-0.2, 0) is 11.4 Å². The number of rotatable bonds is 5. The minimum Gasteiger partial charge on any atom is -0.488 e. The lowest BCUT2D eigenvalue weighted by Crippen LogP contribution is -2.40. The van der Waals surface area contributed by atoms with Crippen LogP contribution in [0.2, 0.25) is 0 Å². The number of para-hydroxylation sites is 1. The summed E-state index contributed by atoms with van der Waals surface area (Å²) in [6.45, 7) is 4.82. The van der Waals surface area contributed by atoms with Crippen LogP contribution in [0.25, 0.3) is 0 Å². The van der Waals surface area contributed by atoms with Gasteiger partial charge >= 0.3 is 5.97 Å². The zero-order valence-electron chi connectivity index (χ0n) is 14.9. The second-order valence-corrected chi connectivity index (χ2v) is 6.49. The molecule has 0 unspecified atom stereocenters. The van der Waals surface area contributed by atoms with Gasteiger partial charge in [0, 0.05) is 13.1 Å². The number of aromatic nitrogens is 1. The van der Waals surface area contributed by atoms with E-state index >= 15 is 0 Å². The highest BCUT2D eigenvalue weighted by molar-refractivity contribution is 5.97. The van der Waals surface area contributed by atoms with Crippen LogP contribution in [0.15, 0.2) is 28.8 Å². The third-order valence-corrected chi connectivity index (χ3v) is 4.80. The molecule has 0 aliphatic carbocycles. The van der Waals surface area contributed by atoms with Gasteiger partial charge in [-0.25, -0.2) is 0 Å². The number of carboxylic acids is 1. The smallest absolute Gasteiger partial charge is 0.306 e. The number of carbonyl (C=O) groups excluding carboxylic acids is 1. The Bertz CT molecular complexity index is 787. The van der Waals surface area contributed by atoms with Crippen LogP contribution >= 0.6 is 0 Å². The monoisotopic (exact) mass is 358 g/mol. The number of piperidine rings is 1. The van der Waals surface area contributed by atoms with Crippen LogP contribution in [-0.4, -0.2) is 40.1 Å². The average molecular weight is 358 g/mol. The molecule has 3 rings (SSSR count). The van der Waals surface area contributed by atoms with Crippen molar-refractivity contribution in [2.75, 3.05) is 13.1 Å². The number of hydrogen-bond acceptors (Lipinski definition) is 5. The Morgan fingerprint density at radius 2 is 1.96 bits per heavy atom. The van der Waals surface area contributed by atoms with Gasteiger partial charge in [0.2, 0.25) is 0 Å². The molecule has 0 atom stereocenters. The number of carboxylic acid groups (broad SMARTS) is 1. The van der Waals surface area contributed by atoms with Crippen molar-refractivity contribution in [1.82, 2.24) is 10.1 Å². The molecule has 1 N–H and O–H groups in total. The highest BCUT2D eigenvalue weighted by Gasteiger charge is 2.28. The lowest BCUT2D eigenvalue weighted by atomic mass is 9.96. The fourth-order valence-electron chi connectivity index (χ4n) is 3.13. The third-order valence-electron chi connectivity index (χ3n) is 4.80. The van der Waals surface area contributed by atoms with Crippen molar-refractivity contribution in [3.8, 4) is 5.75 Å². The Hall–Kier alpha value is -2.83. The lowest BCUT2D eigenvalue weighted by Gasteiger charge is -2.30. The molecule has 1 saturated heterocycles. The maximum absolute atomic E-state index is 12.9. The van der Waals surface area contributed by atoms with Crippen LogP contribution in [0.5, 0.6) is 5.75 Å². The molecule has 1 aromatic heterocycles. The molecule has 26 heavy (non-hydrogen) atoms. The van der Waals surface area contributed by atoms with Crippen LogP contribution in [0.1, 0.15) is 40.2 Å². The van der Waals surface area contributed by atoms with Gasteiger partial charge in [0.1, 0.15) is 18.1 Å². The minimum absolute atomic E-state index is 0.136. The molecule has 7 heteroatoms. The molecule has 1 amide bonds. The molecule has 2 aromatic rings. The van der Waals surface area contributed by atoms with Gasteiger partial charge in [-0.1, -0.05) is 17.3 Å². The van der Waals surface area contributed by atoms with E-state index in [2.05, 4.69) is 5.16 Å². The quantitative estimate of drug-likeness (QED) is 0.883. The second-order valence-electron chi connectivity index (χ2n) is 6.49. The number of aryl methyl sites for hydroxylation is 2. The Morgan fingerprint density at radius 3 is 2.58 bits per heavy atom. The number of amides is 1. The summed E-state index contributed by atoms with van der Waals surface area (Å²) in [6.07, 6.45) is 0.951. The van der Waals surface area contributed by atoms with Gasteiger partial charge in [0.25, 0.3) is 5.91 Å². The van der Waals surface area contributed by atoms with E-state index in [1.54, 1.807) is 23.1 Å². The summed E-state index contributed by atoms with van der Waals surface area (Å²) in [5.74, 6) is -0.103. The summed E-state index contributed by atoms with van der Waals surface area (Å²) < 4.78 is 11.0. The summed E-state index contributed by atoms with van der Waals surface area (Å²) in [5, 5.41) is 13.0. The highest BCUT2D eigenvalue weighted by atomic mass is 16.5. The Labute approximate surface area is 151 Å². The van der Waals surface area contributed by atoms with E-state index in [1.807, 2.05) is 19.9 Å². The van der Waals surface area contributed by atoms with Crippen molar-refractivity contribution >= 4 is 11.9 Å². The van der Waals surface area contributed by atoms with Crippen molar-refractivity contribution in [1.29, 1.82) is 0 Å². The maximum Gasteiger partial charge on any atom is 0.306 e. The summed E-state index contributed by atoms with van der Waals surface area (Å²) in [4.78, 5) is 25.6. The summed E-state index contributed by atoms with van der Waals surface area (Å²) in [6, 6.07) is 7.10. The number of benzene rings is 1. The maximum atomic E-state index is 12.9. The van der Waals surface area contributed by atoms with E-state index in [9.17, 15) is 9.59 Å². The van der Waals surface area contributed by atoms with Gasteiger partial charge in [-0.05, 0) is 38.8 Å². The molecular weight excluding hydrogens is 336 g/mol. The first kappa shape index (κ1) is 18.0. The second kappa shape index (κ2) is 7.59. The number of aliphatic carboxylic acids is 1. The van der Waals surface area contributed by atoms with Crippen molar-refractivity contribution in [2.45, 2.75) is 33.3 Å². The average Bonchev–Trinajstić information content (AvgIpc) is 2.97. The molecule has 2 heterocycles. The number of likely N-dealkylation sites (tertiary alicyclic amines) is 1. The van der Waals surface area contributed by atoms with Crippen LogP contribution in [0.4, 0.5) is 0 Å². The van der Waals surface area contributed by atoms with Crippen molar-refractivity contribution in [3.63, 3.8) is 0 Å². The molecule has 0 saturated carbocycles. The standard InChI is InChI=1S/C19H22N2O5/c1-12-16(13(2)26-20-12)11-25-17-6-4-3-5-15(17)18(22)21-9-7-14(8-10-21)19(23)24/h3-6,14H,7-11H2,1-2H3,(H,23,24). The first-order valence-electron chi connectivity index (χ1n) is 8.63. The molecule has 1 aliphatic heterocycles. The zero-order valence-corrected chi connectivity index (χ0v) is 14.9. The van der Waals surface area contributed by atoms with Crippen LogP contribution < -0.4 is 4.74 Å². The van der Waals surface area contributed by atoms with Gasteiger partial charge in [-0.2, -0.15) is 0 Å². The zero-order chi connectivity index (χ0) is 18.7. The normalized spacial score (nSPS) is 15.1. The number of nitrogens with zero attached hydrogens (tertiary/aromatic N) is 2. The number of hydrogen-bond donors (Lipinski definition) is 1. The van der Waals surface area contributed by atoms with Crippen LogP contribution in [0, 0.1) is 19.8 Å². The van der Waals surface area contributed by atoms with Crippen molar-refractivity contribution in [3.05, 3.63) is 46.8 Å². The molecule has 0 radical (unpaired) electrons. The SMILES string of the molecule is Cc1noc(C)c1COc1ccccc1C(=O)N1CCC(C(=O)O)CC1. The van der Waals surface area contributed by atoms with E-state index in [0.717, 1.165) is 11.3 Å². The molecule has 7 nitrogen and oxygen atoms in total. The topological polar surface area (TPSA) is 92.9 Å². The predicted molar refractivity (Wildman–Crippen MR) is 93.0 cm³/mol. The van der Waals surface area contributed by atoms with E-state index in [1.165, 1.54) is 0 Å². The largest absolute Gasteiger partial charge is 0.488 e. The fraction of sp³-hybridized carbons (Fsp3) is 0.421. The molecule has 0 bridgehead atoms. The Balaban J connectivity index is 1.71. The minimum atomic E-state index is -0.791. The molecular formula is C19H22N2O5. The number of carbonyl (C=O) groups is 2. The van der Waals surface area contributed by atoms with E-state index in [4.69, 9.17) is 14.4 Å². The molecule has 1 fully saturated rings. The van der Waals surface area contributed by atoms with Crippen molar-refractivity contribution in [2.24, 2.45) is 5.92 Å². The van der Waals surface area contributed by atoms with Crippen molar-refractivity contribution < 1.29 is 24.0 Å². The first-order valence-corrected chi connectivity index (χ1v) is 8.63. The Kier molecular flexibility index (Phi) is 5.25. The summed E-state index contributed by atoms with van der Waals surface area (Å²) in [5.41, 5.74) is 2.12.